The maximum absolute atomic E-state index is 13.7. The molecular formula is C21H23N7O2S2. The summed E-state index contributed by atoms with van der Waals surface area (Å²) in [7, 11) is 0. The first-order valence-corrected chi connectivity index (χ1v) is 12.8. The Morgan fingerprint density at radius 2 is 1.94 bits per heavy atom. The third-order valence-corrected chi connectivity index (χ3v) is 8.60. The minimum absolute atomic E-state index is 0.104. The van der Waals surface area contributed by atoms with Gasteiger partial charge in [-0.25, -0.2) is 9.97 Å². The van der Waals surface area contributed by atoms with Gasteiger partial charge in [0, 0.05) is 22.7 Å². The van der Waals surface area contributed by atoms with Crippen molar-refractivity contribution in [3.05, 3.63) is 42.9 Å². The van der Waals surface area contributed by atoms with E-state index in [1.54, 1.807) is 11.3 Å². The van der Waals surface area contributed by atoms with Crippen molar-refractivity contribution in [2.45, 2.75) is 68.3 Å². The molecule has 6 rings (SSSR count). The van der Waals surface area contributed by atoms with Gasteiger partial charge >= 0.3 is 0 Å². The van der Waals surface area contributed by atoms with Crippen LogP contribution in [0, 0.1) is 0 Å². The van der Waals surface area contributed by atoms with Crippen molar-refractivity contribution in [2.75, 3.05) is 5.73 Å². The van der Waals surface area contributed by atoms with Gasteiger partial charge in [0.15, 0.2) is 5.16 Å². The number of nitrogen functional groups attached to an aromatic ring is 1. The highest BCUT2D eigenvalue weighted by molar-refractivity contribution is 7.98. The van der Waals surface area contributed by atoms with E-state index in [0.717, 1.165) is 60.3 Å². The number of hydrogen-bond donors (Lipinski definition) is 2. The smallest absolute Gasteiger partial charge is 0.274 e. The molecule has 2 aliphatic carbocycles. The largest absolute Gasteiger partial charge is 0.368 e. The first-order chi connectivity index (χ1) is 15.6. The Morgan fingerprint density at radius 1 is 1.12 bits per heavy atom. The molecule has 2 aliphatic rings. The van der Waals surface area contributed by atoms with Crippen LogP contribution in [0.4, 0.5) is 5.95 Å². The van der Waals surface area contributed by atoms with Crippen LogP contribution in [0.3, 0.4) is 0 Å². The summed E-state index contributed by atoms with van der Waals surface area (Å²) in [6.45, 7) is 0. The lowest BCUT2D eigenvalue weighted by molar-refractivity contribution is 0.457. The number of nitrogens with two attached hydrogens (primary N) is 1. The summed E-state index contributed by atoms with van der Waals surface area (Å²) in [5, 5.41) is 4.23. The van der Waals surface area contributed by atoms with Gasteiger partial charge in [0.2, 0.25) is 5.95 Å². The molecule has 1 fully saturated rings. The van der Waals surface area contributed by atoms with Gasteiger partial charge in [-0.15, -0.1) is 11.3 Å². The van der Waals surface area contributed by atoms with Crippen LogP contribution < -0.4 is 16.9 Å². The number of nitrogens with one attached hydrogen (secondary N) is 1. The summed E-state index contributed by atoms with van der Waals surface area (Å²) in [5.74, 6) is 0.810. The van der Waals surface area contributed by atoms with Gasteiger partial charge in [-0.1, -0.05) is 24.6 Å². The average molecular weight is 470 g/mol. The Balaban J connectivity index is 1.43. The van der Waals surface area contributed by atoms with E-state index >= 15 is 0 Å². The van der Waals surface area contributed by atoms with Crippen molar-refractivity contribution < 1.29 is 0 Å². The fourth-order valence-corrected chi connectivity index (χ4v) is 7.20. The second-order valence-electron chi connectivity index (χ2n) is 8.52. The van der Waals surface area contributed by atoms with Crippen molar-refractivity contribution >= 4 is 45.0 Å². The van der Waals surface area contributed by atoms with Crippen LogP contribution in [0.2, 0.25) is 0 Å². The van der Waals surface area contributed by atoms with Crippen molar-refractivity contribution in [1.29, 1.82) is 0 Å². The Morgan fingerprint density at radius 3 is 2.78 bits per heavy atom. The van der Waals surface area contributed by atoms with Crippen LogP contribution in [0.1, 0.15) is 60.7 Å². The number of aromatic nitrogens is 6. The van der Waals surface area contributed by atoms with Crippen LogP contribution in [0.25, 0.3) is 16.0 Å². The van der Waals surface area contributed by atoms with Crippen molar-refractivity contribution in [1.82, 2.24) is 29.1 Å². The number of fused-ring (bicyclic) bond motifs is 4. The normalized spacial score (nSPS) is 16.9. The lowest BCUT2D eigenvalue weighted by Crippen LogP contribution is -2.26. The third kappa shape index (κ3) is 3.25. The second-order valence-corrected chi connectivity index (χ2v) is 10.5. The molecule has 4 heterocycles. The number of aromatic amines is 1. The molecule has 4 aromatic rings. The summed E-state index contributed by atoms with van der Waals surface area (Å²) in [6.07, 6.45) is 8.62. The molecule has 0 bridgehead atoms. The predicted octanol–water partition coefficient (Wildman–Crippen LogP) is 3.06. The lowest BCUT2D eigenvalue weighted by atomic mass is 9.97. The monoisotopic (exact) mass is 469 g/mol. The first kappa shape index (κ1) is 20.0. The maximum atomic E-state index is 13.7. The molecule has 1 saturated carbocycles. The van der Waals surface area contributed by atoms with E-state index < -0.39 is 0 Å². The van der Waals surface area contributed by atoms with E-state index in [4.69, 9.17) is 10.7 Å². The van der Waals surface area contributed by atoms with Crippen LogP contribution in [0.5, 0.6) is 0 Å². The molecule has 0 aromatic carbocycles. The highest BCUT2D eigenvalue weighted by atomic mass is 32.2. The number of aryl methyl sites for hydroxylation is 2. The number of nitrogens with zero attached hydrogens (tertiary/aromatic N) is 5. The summed E-state index contributed by atoms with van der Waals surface area (Å²) >= 11 is 3.14. The molecule has 9 nitrogen and oxygen atoms in total. The summed E-state index contributed by atoms with van der Waals surface area (Å²) < 4.78 is 3.15. The number of thiophene rings is 1. The summed E-state index contributed by atoms with van der Waals surface area (Å²) in [5.41, 5.74) is 7.31. The van der Waals surface area contributed by atoms with Gasteiger partial charge < -0.3 is 5.73 Å². The van der Waals surface area contributed by atoms with Crippen molar-refractivity contribution in [3.8, 4) is 0 Å². The minimum atomic E-state index is -0.266. The molecule has 0 radical (unpaired) electrons. The standard InChI is InChI=1S/C21H23N7O2S2/c22-19-25-20-23-11(9-15(29)28(20)26-19)10-31-21-24-17-16(13-7-3-4-8-14(13)32-17)18(30)27(21)12-5-1-2-6-12/h9,12H,1-8,10H2,(H3,22,23,25,26). The van der Waals surface area contributed by atoms with E-state index in [9.17, 15) is 9.59 Å². The van der Waals surface area contributed by atoms with Gasteiger partial charge in [-0.2, -0.15) is 9.50 Å². The van der Waals surface area contributed by atoms with Crippen LogP contribution in [-0.4, -0.2) is 29.1 Å². The zero-order chi connectivity index (χ0) is 21.8. The summed E-state index contributed by atoms with van der Waals surface area (Å²) in [4.78, 5) is 41.7. The number of anilines is 1. The topological polar surface area (TPSA) is 124 Å². The van der Waals surface area contributed by atoms with Gasteiger partial charge in [0.25, 0.3) is 16.9 Å². The van der Waals surface area contributed by atoms with Gasteiger partial charge in [-0.3, -0.25) is 19.3 Å². The number of thioether (sulfide) groups is 1. The molecule has 0 spiro atoms. The van der Waals surface area contributed by atoms with Crippen LogP contribution >= 0.6 is 23.1 Å². The van der Waals surface area contributed by atoms with E-state index in [1.165, 1.54) is 39.2 Å². The maximum Gasteiger partial charge on any atom is 0.274 e. The Labute approximate surface area is 191 Å². The number of hydrogen-bond acceptors (Lipinski definition) is 8. The van der Waals surface area contributed by atoms with E-state index in [2.05, 4.69) is 15.1 Å². The Bertz CT molecular complexity index is 1460. The Kier molecular flexibility index (Phi) is 4.83. The van der Waals surface area contributed by atoms with Crippen molar-refractivity contribution in [3.63, 3.8) is 0 Å². The number of rotatable bonds is 4. The molecule has 0 saturated heterocycles. The zero-order valence-corrected chi connectivity index (χ0v) is 19.1. The fraction of sp³-hybridized carbons (Fsp3) is 0.476. The molecule has 0 aliphatic heterocycles. The average Bonchev–Trinajstić information content (AvgIpc) is 3.50. The lowest BCUT2D eigenvalue weighted by Gasteiger charge is -2.18. The SMILES string of the molecule is Nc1nc2nc(CSc3nc4sc5c(c4c(=O)n3C3CCCC3)CCCC5)cc(=O)n2[nH]1. The zero-order valence-electron chi connectivity index (χ0n) is 17.5. The van der Waals surface area contributed by atoms with E-state index in [0.29, 0.717) is 11.4 Å². The molecule has 3 N–H and O–H groups in total. The third-order valence-electron chi connectivity index (χ3n) is 6.43. The molecular weight excluding hydrogens is 446 g/mol. The fourth-order valence-electron chi connectivity index (χ4n) is 4.94. The van der Waals surface area contributed by atoms with Crippen LogP contribution in [-0.2, 0) is 18.6 Å². The molecule has 32 heavy (non-hydrogen) atoms. The summed E-state index contributed by atoms with van der Waals surface area (Å²) in [6, 6.07) is 1.66. The molecule has 0 amide bonds. The highest BCUT2D eigenvalue weighted by Gasteiger charge is 2.27. The van der Waals surface area contributed by atoms with E-state index in [1.807, 2.05) is 4.57 Å². The molecule has 0 unspecified atom stereocenters. The highest BCUT2D eigenvalue weighted by Crippen LogP contribution is 2.37. The van der Waals surface area contributed by atoms with Gasteiger partial charge in [0.1, 0.15) is 4.83 Å². The van der Waals surface area contributed by atoms with Gasteiger partial charge in [-0.05, 0) is 44.1 Å². The predicted molar refractivity (Wildman–Crippen MR) is 126 cm³/mol. The quantitative estimate of drug-likeness (QED) is 0.348. The molecule has 4 aromatic heterocycles. The minimum Gasteiger partial charge on any atom is -0.368 e. The molecule has 11 heteroatoms. The first-order valence-electron chi connectivity index (χ1n) is 11.0. The molecule has 166 valence electrons. The Hall–Kier alpha value is -2.66. The second kappa shape index (κ2) is 7.73. The van der Waals surface area contributed by atoms with Crippen LogP contribution in [0.15, 0.2) is 20.8 Å². The molecule has 0 atom stereocenters. The number of H-pyrrole nitrogens is 1. The van der Waals surface area contributed by atoms with Crippen molar-refractivity contribution in [2.24, 2.45) is 0 Å². The van der Waals surface area contributed by atoms with E-state index in [-0.39, 0.29) is 28.9 Å². The van der Waals surface area contributed by atoms with Gasteiger partial charge in [0.05, 0.1) is 11.1 Å².